The first-order valence-electron chi connectivity index (χ1n) is 4.36. The number of rotatable bonds is 2. The lowest BCUT2D eigenvalue weighted by molar-refractivity contribution is 0.444. The SMILES string of the molecule is Fc1cc(Oc2cc(F)c(Cl)cc2Br)ncn1. The highest BCUT2D eigenvalue weighted by Crippen LogP contribution is 2.33. The van der Waals surface area contributed by atoms with Crippen LogP contribution in [0.2, 0.25) is 5.02 Å². The average molecular weight is 322 g/mol. The van der Waals surface area contributed by atoms with Crippen LogP contribution in [0, 0.1) is 11.8 Å². The van der Waals surface area contributed by atoms with Crippen LogP contribution in [0.5, 0.6) is 11.6 Å². The smallest absolute Gasteiger partial charge is 0.225 e. The number of hydrogen-bond donors (Lipinski definition) is 0. The van der Waals surface area contributed by atoms with E-state index in [1.54, 1.807) is 0 Å². The van der Waals surface area contributed by atoms with Crippen molar-refractivity contribution < 1.29 is 13.5 Å². The molecule has 0 saturated carbocycles. The molecule has 0 aliphatic rings. The normalized spacial score (nSPS) is 10.4. The van der Waals surface area contributed by atoms with Gasteiger partial charge in [-0.05, 0) is 22.0 Å². The van der Waals surface area contributed by atoms with Crippen molar-refractivity contribution >= 4 is 27.5 Å². The molecule has 1 heterocycles. The van der Waals surface area contributed by atoms with Crippen molar-refractivity contribution in [3.63, 3.8) is 0 Å². The van der Waals surface area contributed by atoms with Crippen LogP contribution < -0.4 is 4.74 Å². The summed E-state index contributed by atoms with van der Waals surface area (Å²) in [4.78, 5) is 6.95. The molecule has 1 aromatic carbocycles. The summed E-state index contributed by atoms with van der Waals surface area (Å²) < 4.78 is 31.6. The van der Waals surface area contributed by atoms with Crippen molar-refractivity contribution in [1.29, 1.82) is 0 Å². The van der Waals surface area contributed by atoms with E-state index in [0.717, 1.165) is 18.5 Å². The second-order valence-corrected chi connectivity index (χ2v) is 4.24. The minimum Gasteiger partial charge on any atom is -0.438 e. The van der Waals surface area contributed by atoms with E-state index >= 15 is 0 Å². The van der Waals surface area contributed by atoms with E-state index in [2.05, 4.69) is 25.9 Å². The van der Waals surface area contributed by atoms with Crippen molar-refractivity contribution in [2.75, 3.05) is 0 Å². The van der Waals surface area contributed by atoms with Gasteiger partial charge in [-0.3, -0.25) is 0 Å². The van der Waals surface area contributed by atoms with E-state index in [-0.39, 0.29) is 16.7 Å². The van der Waals surface area contributed by atoms with Gasteiger partial charge in [-0.2, -0.15) is 4.39 Å². The van der Waals surface area contributed by atoms with Crippen LogP contribution in [0.4, 0.5) is 8.78 Å². The second-order valence-electron chi connectivity index (χ2n) is 2.98. The van der Waals surface area contributed by atoms with Crippen molar-refractivity contribution in [2.45, 2.75) is 0 Å². The first-order valence-corrected chi connectivity index (χ1v) is 5.53. The molecule has 0 bridgehead atoms. The Morgan fingerprint density at radius 3 is 2.65 bits per heavy atom. The zero-order valence-corrected chi connectivity index (χ0v) is 10.5. The van der Waals surface area contributed by atoms with E-state index in [4.69, 9.17) is 16.3 Å². The molecule has 0 atom stereocenters. The van der Waals surface area contributed by atoms with E-state index in [0.29, 0.717) is 4.47 Å². The third kappa shape index (κ3) is 2.89. The second kappa shape index (κ2) is 4.93. The minimum absolute atomic E-state index is 0.0278. The summed E-state index contributed by atoms with van der Waals surface area (Å²) >= 11 is 8.71. The monoisotopic (exact) mass is 320 g/mol. The standard InChI is InChI=1S/C10H4BrClF2N2O/c11-5-1-6(12)7(13)2-8(5)17-10-3-9(14)15-4-16-10/h1-4H. The Kier molecular flexibility index (Phi) is 3.54. The Morgan fingerprint density at radius 1 is 1.18 bits per heavy atom. The van der Waals surface area contributed by atoms with Crippen LogP contribution in [0.3, 0.4) is 0 Å². The molecule has 0 amide bonds. The van der Waals surface area contributed by atoms with E-state index < -0.39 is 11.8 Å². The largest absolute Gasteiger partial charge is 0.438 e. The van der Waals surface area contributed by atoms with Gasteiger partial charge in [0.25, 0.3) is 0 Å². The summed E-state index contributed by atoms with van der Waals surface area (Å²) in [6, 6.07) is 3.40. The summed E-state index contributed by atoms with van der Waals surface area (Å²) in [5.41, 5.74) is 0. The Morgan fingerprint density at radius 2 is 1.94 bits per heavy atom. The highest BCUT2D eigenvalue weighted by atomic mass is 79.9. The number of benzene rings is 1. The van der Waals surface area contributed by atoms with Gasteiger partial charge in [0, 0.05) is 6.07 Å². The summed E-state index contributed by atoms with van der Waals surface area (Å²) in [5, 5.41) is -0.0434. The molecule has 2 rings (SSSR count). The molecule has 1 aromatic heterocycles. The molecule has 0 spiro atoms. The molecule has 0 aliphatic heterocycles. The maximum atomic E-state index is 13.2. The van der Waals surface area contributed by atoms with Gasteiger partial charge in [-0.25, -0.2) is 14.4 Å². The van der Waals surface area contributed by atoms with Crippen LogP contribution in [0.1, 0.15) is 0 Å². The molecule has 88 valence electrons. The molecular weight excluding hydrogens is 317 g/mol. The Bertz CT molecular complexity index is 568. The van der Waals surface area contributed by atoms with Gasteiger partial charge >= 0.3 is 0 Å². The molecule has 0 saturated heterocycles. The maximum absolute atomic E-state index is 13.2. The van der Waals surface area contributed by atoms with Gasteiger partial charge < -0.3 is 4.74 Å². The van der Waals surface area contributed by atoms with E-state index in [1.165, 1.54) is 6.07 Å². The fourth-order valence-electron chi connectivity index (χ4n) is 1.07. The van der Waals surface area contributed by atoms with E-state index in [1.807, 2.05) is 0 Å². The molecule has 2 aromatic rings. The number of nitrogens with zero attached hydrogens (tertiary/aromatic N) is 2. The summed E-state index contributed by atoms with van der Waals surface area (Å²) in [5.74, 6) is -1.26. The quantitative estimate of drug-likeness (QED) is 0.620. The lowest BCUT2D eigenvalue weighted by Gasteiger charge is -2.07. The molecule has 0 N–H and O–H groups in total. The fourth-order valence-corrected chi connectivity index (χ4v) is 1.79. The van der Waals surface area contributed by atoms with Crippen molar-refractivity contribution in [1.82, 2.24) is 9.97 Å². The molecule has 17 heavy (non-hydrogen) atoms. The van der Waals surface area contributed by atoms with Crippen LogP contribution in [0.15, 0.2) is 29.0 Å². The third-order valence-electron chi connectivity index (χ3n) is 1.80. The molecule has 0 unspecified atom stereocenters. The van der Waals surface area contributed by atoms with Crippen molar-refractivity contribution in [3.05, 3.63) is 45.8 Å². The lowest BCUT2D eigenvalue weighted by atomic mass is 10.3. The zero-order chi connectivity index (χ0) is 12.4. The Labute approximate surface area is 109 Å². The molecule has 7 heteroatoms. The topological polar surface area (TPSA) is 35.0 Å². The molecule has 0 fully saturated rings. The average Bonchev–Trinajstić information content (AvgIpc) is 2.26. The van der Waals surface area contributed by atoms with E-state index in [9.17, 15) is 8.78 Å². The Hall–Kier alpha value is -1.27. The highest BCUT2D eigenvalue weighted by Gasteiger charge is 2.10. The summed E-state index contributed by atoms with van der Waals surface area (Å²) in [6.07, 6.45) is 1.00. The zero-order valence-electron chi connectivity index (χ0n) is 8.12. The number of aromatic nitrogens is 2. The van der Waals surface area contributed by atoms with Gasteiger partial charge in [0.2, 0.25) is 11.8 Å². The maximum Gasteiger partial charge on any atom is 0.225 e. The van der Waals surface area contributed by atoms with Gasteiger partial charge in [-0.15, -0.1) is 0 Å². The number of hydrogen-bond acceptors (Lipinski definition) is 3. The molecule has 0 aliphatic carbocycles. The first-order chi connectivity index (χ1) is 8.06. The predicted octanol–water partition coefficient (Wildman–Crippen LogP) is 3.96. The van der Waals surface area contributed by atoms with Gasteiger partial charge in [-0.1, -0.05) is 11.6 Å². The summed E-state index contributed by atoms with van der Waals surface area (Å²) in [6.45, 7) is 0. The third-order valence-corrected chi connectivity index (χ3v) is 2.71. The van der Waals surface area contributed by atoms with Crippen LogP contribution in [0.25, 0.3) is 0 Å². The first kappa shape index (κ1) is 12.2. The lowest BCUT2D eigenvalue weighted by Crippen LogP contribution is -1.92. The number of ether oxygens (including phenoxy) is 1. The number of halogens is 4. The molecule has 3 nitrogen and oxygen atoms in total. The summed E-state index contributed by atoms with van der Waals surface area (Å²) in [7, 11) is 0. The Balaban J connectivity index is 2.33. The van der Waals surface area contributed by atoms with Gasteiger partial charge in [0.1, 0.15) is 17.9 Å². The van der Waals surface area contributed by atoms with Gasteiger partial charge in [0.05, 0.1) is 15.6 Å². The van der Waals surface area contributed by atoms with Crippen LogP contribution in [-0.2, 0) is 0 Å². The molecular formula is C10H4BrClF2N2O. The van der Waals surface area contributed by atoms with Crippen LogP contribution >= 0.6 is 27.5 Å². The van der Waals surface area contributed by atoms with Crippen LogP contribution in [-0.4, -0.2) is 9.97 Å². The van der Waals surface area contributed by atoms with Crippen molar-refractivity contribution in [3.8, 4) is 11.6 Å². The molecule has 0 radical (unpaired) electrons. The highest BCUT2D eigenvalue weighted by molar-refractivity contribution is 9.10. The fraction of sp³-hybridized carbons (Fsp3) is 0. The predicted molar refractivity (Wildman–Crippen MR) is 61.2 cm³/mol. The minimum atomic E-state index is -0.736. The van der Waals surface area contributed by atoms with Crippen molar-refractivity contribution in [2.24, 2.45) is 0 Å². The van der Waals surface area contributed by atoms with Gasteiger partial charge in [0.15, 0.2) is 0 Å².